The SMILES string of the molecule is CNC(=O)c1ccc2c(c1)CCc1cc(C(=O)NC)ccc1C2(C[C@@H](C)NCC(=O)N1CCC[C@H]1C#N)c1nc(=O)on1C. The zero-order valence-corrected chi connectivity index (χ0v) is 25.4. The second-order valence-electron chi connectivity index (χ2n) is 11.5. The van der Waals surface area contributed by atoms with Crippen molar-refractivity contribution in [1.29, 1.82) is 5.26 Å². The molecule has 3 amide bonds. The largest absolute Gasteiger partial charge is 0.459 e. The van der Waals surface area contributed by atoms with Gasteiger partial charge in [0.05, 0.1) is 18.0 Å². The fourth-order valence-corrected chi connectivity index (χ4v) is 6.77. The van der Waals surface area contributed by atoms with E-state index in [-0.39, 0.29) is 30.3 Å². The van der Waals surface area contributed by atoms with Gasteiger partial charge in [-0.25, -0.2) is 4.79 Å². The quantitative estimate of drug-likeness (QED) is 0.350. The smallest absolute Gasteiger partial charge is 0.355 e. The molecule has 1 fully saturated rings. The maximum Gasteiger partial charge on any atom is 0.459 e. The summed E-state index contributed by atoms with van der Waals surface area (Å²) in [5.41, 5.74) is 3.45. The van der Waals surface area contributed by atoms with Gasteiger partial charge in [0.2, 0.25) is 5.91 Å². The molecular formula is C32H37N7O5. The summed E-state index contributed by atoms with van der Waals surface area (Å²) in [5.74, 6) is -0.957. The molecule has 0 spiro atoms. The third-order valence-electron chi connectivity index (χ3n) is 8.80. The molecule has 0 bridgehead atoms. The number of nitrogens with one attached hydrogen (secondary N) is 3. The van der Waals surface area contributed by atoms with Gasteiger partial charge >= 0.3 is 5.76 Å². The maximum atomic E-state index is 13.1. The summed E-state index contributed by atoms with van der Waals surface area (Å²) in [5, 5.41) is 18.2. The fraction of sp³-hybridized carbons (Fsp3) is 0.438. The highest BCUT2D eigenvalue weighted by atomic mass is 16.5. The van der Waals surface area contributed by atoms with Gasteiger partial charge in [0.1, 0.15) is 6.04 Å². The van der Waals surface area contributed by atoms with Crippen LogP contribution in [0.5, 0.6) is 0 Å². The molecule has 0 radical (unpaired) electrons. The molecule has 2 heterocycles. The Hall–Kier alpha value is -4.76. The van der Waals surface area contributed by atoms with Crippen molar-refractivity contribution in [2.75, 3.05) is 27.2 Å². The van der Waals surface area contributed by atoms with Gasteiger partial charge in [0.15, 0.2) is 5.82 Å². The first-order valence-corrected chi connectivity index (χ1v) is 14.8. The number of hydrogen-bond donors (Lipinski definition) is 3. The Morgan fingerprint density at radius 3 is 2.16 bits per heavy atom. The number of nitriles is 1. The molecule has 3 N–H and O–H groups in total. The number of nitrogens with zero attached hydrogens (tertiary/aromatic N) is 4. The number of carbonyl (C=O) groups excluding carboxylic acids is 3. The highest BCUT2D eigenvalue weighted by molar-refractivity contribution is 5.95. The minimum absolute atomic E-state index is 0.0398. The average Bonchev–Trinajstić information content (AvgIpc) is 3.62. The van der Waals surface area contributed by atoms with Crippen molar-refractivity contribution < 1.29 is 18.9 Å². The van der Waals surface area contributed by atoms with Crippen LogP contribution in [0.4, 0.5) is 0 Å². The molecule has 1 aliphatic carbocycles. The summed E-state index contributed by atoms with van der Waals surface area (Å²) >= 11 is 0. The first-order valence-electron chi connectivity index (χ1n) is 14.8. The summed E-state index contributed by atoms with van der Waals surface area (Å²) in [6.45, 7) is 2.55. The van der Waals surface area contributed by atoms with Crippen LogP contribution in [0.1, 0.15) is 75.0 Å². The highest BCUT2D eigenvalue weighted by Crippen LogP contribution is 2.47. The van der Waals surface area contributed by atoms with E-state index in [2.05, 4.69) is 27.0 Å². The first kappa shape index (κ1) is 30.7. The Morgan fingerprint density at radius 2 is 1.66 bits per heavy atom. The molecule has 230 valence electrons. The molecule has 12 heteroatoms. The number of aromatic nitrogens is 2. The lowest BCUT2D eigenvalue weighted by Gasteiger charge is -2.37. The van der Waals surface area contributed by atoms with E-state index in [0.29, 0.717) is 49.2 Å². The molecule has 0 saturated carbocycles. The van der Waals surface area contributed by atoms with E-state index < -0.39 is 17.2 Å². The second-order valence-corrected chi connectivity index (χ2v) is 11.5. The molecule has 1 aliphatic heterocycles. The lowest BCUT2D eigenvalue weighted by molar-refractivity contribution is -0.130. The van der Waals surface area contributed by atoms with Crippen LogP contribution in [-0.2, 0) is 30.1 Å². The van der Waals surface area contributed by atoms with E-state index in [1.807, 2.05) is 31.2 Å². The van der Waals surface area contributed by atoms with Crippen LogP contribution in [0.2, 0.25) is 0 Å². The minimum Gasteiger partial charge on any atom is -0.355 e. The molecule has 3 aromatic rings. The van der Waals surface area contributed by atoms with Gasteiger partial charge in [0, 0.05) is 44.9 Å². The van der Waals surface area contributed by atoms with E-state index in [9.17, 15) is 24.4 Å². The van der Waals surface area contributed by atoms with Crippen LogP contribution in [0.3, 0.4) is 0 Å². The summed E-state index contributed by atoms with van der Waals surface area (Å²) in [7, 11) is 4.79. The molecule has 2 atom stereocenters. The summed E-state index contributed by atoms with van der Waals surface area (Å²) in [4.78, 5) is 56.9. The number of amides is 3. The first-order chi connectivity index (χ1) is 21.1. The molecular weight excluding hydrogens is 562 g/mol. The Labute approximate surface area is 255 Å². The summed E-state index contributed by atoms with van der Waals surface area (Å²) in [6.07, 6.45) is 2.98. The Bertz CT molecular complexity index is 1630. The molecule has 44 heavy (non-hydrogen) atoms. The van der Waals surface area contributed by atoms with E-state index in [1.54, 1.807) is 38.2 Å². The number of fused-ring (bicyclic) bond motifs is 2. The monoisotopic (exact) mass is 599 g/mol. The Balaban J connectivity index is 1.65. The van der Waals surface area contributed by atoms with E-state index in [4.69, 9.17) is 4.52 Å². The highest BCUT2D eigenvalue weighted by Gasteiger charge is 2.46. The van der Waals surface area contributed by atoms with Crippen molar-refractivity contribution in [3.8, 4) is 6.07 Å². The third kappa shape index (κ3) is 5.51. The van der Waals surface area contributed by atoms with Gasteiger partial charge in [-0.05, 0) is 85.5 Å². The van der Waals surface area contributed by atoms with Crippen molar-refractivity contribution in [3.63, 3.8) is 0 Å². The topological polar surface area (TPSA) is 162 Å². The molecule has 0 unspecified atom stereocenters. The molecule has 5 rings (SSSR count). The lowest BCUT2D eigenvalue weighted by Crippen LogP contribution is -2.46. The number of carbonyl (C=O) groups is 3. The number of hydrogen-bond acceptors (Lipinski definition) is 8. The van der Waals surface area contributed by atoms with Crippen LogP contribution in [0.15, 0.2) is 45.7 Å². The van der Waals surface area contributed by atoms with Crippen molar-refractivity contribution >= 4 is 17.7 Å². The van der Waals surface area contributed by atoms with Crippen LogP contribution in [0, 0.1) is 11.3 Å². The number of aryl methyl sites for hydroxylation is 3. The fourth-order valence-electron chi connectivity index (χ4n) is 6.77. The van der Waals surface area contributed by atoms with Crippen molar-refractivity contribution in [2.24, 2.45) is 7.05 Å². The predicted molar refractivity (Wildman–Crippen MR) is 161 cm³/mol. The standard InChI is InChI=1S/C32H37N7O5/c1-19(36-18-27(40)39-13-5-6-24(39)17-33)16-32(30-37-31(43)44-38(30)4)25-11-9-22(28(41)34-2)14-20(25)7-8-21-15-23(29(42)35-3)10-12-26(21)32/h9-12,14-15,19,24,36H,5-8,13,16,18H2,1-4H3,(H,34,41)(H,35,42)/t19-,24+/m1/s1. The van der Waals surface area contributed by atoms with Gasteiger partial charge in [-0.2, -0.15) is 15.0 Å². The number of benzene rings is 2. The summed E-state index contributed by atoms with van der Waals surface area (Å²) < 4.78 is 6.78. The number of likely N-dealkylation sites (tertiary alicyclic amines) is 1. The van der Waals surface area contributed by atoms with Gasteiger partial charge in [-0.15, -0.1) is 0 Å². The van der Waals surface area contributed by atoms with E-state index >= 15 is 0 Å². The molecule has 12 nitrogen and oxygen atoms in total. The molecule has 2 aromatic carbocycles. The zero-order chi connectivity index (χ0) is 31.6. The minimum atomic E-state index is -1.05. The van der Waals surface area contributed by atoms with E-state index in [1.165, 1.54) is 4.74 Å². The van der Waals surface area contributed by atoms with Crippen molar-refractivity contribution in [1.82, 2.24) is 30.6 Å². The number of rotatable bonds is 8. The van der Waals surface area contributed by atoms with Crippen molar-refractivity contribution in [3.05, 3.63) is 86.2 Å². The average molecular weight is 600 g/mol. The van der Waals surface area contributed by atoms with Crippen molar-refractivity contribution in [2.45, 2.75) is 56.5 Å². The van der Waals surface area contributed by atoms with Gasteiger partial charge in [-0.3, -0.25) is 14.4 Å². The molecule has 1 saturated heterocycles. The van der Waals surface area contributed by atoms with Gasteiger partial charge in [-0.1, -0.05) is 12.1 Å². The normalized spacial score (nSPS) is 17.5. The zero-order valence-electron chi connectivity index (χ0n) is 25.4. The van der Waals surface area contributed by atoms with Crippen LogP contribution >= 0.6 is 0 Å². The second kappa shape index (κ2) is 12.5. The molecule has 2 aliphatic rings. The lowest BCUT2D eigenvalue weighted by atomic mass is 9.67. The van der Waals surface area contributed by atoms with Crippen LogP contribution < -0.4 is 21.7 Å². The van der Waals surface area contributed by atoms with Crippen LogP contribution in [-0.4, -0.2) is 71.6 Å². The molecule has 1 aromatic heterocycles. The third-order valence-corrected chi connectivity index (χ3v) is 8.80. The van der Waals surface area contributed by atoms with Gasteiger partial charge in [0.25, 0.3) is 11.8 Å². The Kier molecular flexibility index (Phi) is 8.69. The van der Waals surface area contributed by atoms with Gasteiger partial charge < -0.3 is 25.4 Å². The van der Waals surface area contributed by atoms with Crippen LogP contribution in [0.25, 0.3) is 0 Å². The summed E-state index contributed by atoms with van der Waals surface area (Å²) in [6, 6.07) is 12.6. The predicted octanol–water partition coefficient (Wildman–Crippen LogP) is 1.41. The maximum absolute atomic E-state index is 13.1. The Morgan fingerprint density at radius 1 is 1.07 bits per heavy atom. The van der Waals surface area contributed by atoms with E-state index in [0.717, 1.165) is 28.7 Å².